The fourth-order valence-electron chi connectivity index (χ4n) is 1.59. The molecule has 1 atom stereocenters. The second-order valence-corrected chi connectivity index (χ2v) is 5.27. The average molecular weight is 289 g/mol. The van der Waals surface area contributed by atoms with E-state index in [2.05, 4.69) is 0 Å². The number of halogens is 2. The van der Waals surface area contributed by atoms with E-state index in [4.69, 9.17) is 28.9 Å². The van der Waals surface area contributed by atoms with Crippen LogP contribution in [0, 0.1) is 0 Å². The quantitative estimate of drug-likeness (QED) is 0.905. The zero-order valence-corrected chi connectivity index (χ0v) is 12.1. The van der Waals surface area contributed by atoms with Gasteiger partial charge in [0.2, 0.25) is 5.91 Å². The van der Waals surface area contributed by atoms with Crippen LogP contribution in [0.2, 0.25) is 10.0 Å². The first-order valence-electron chi connectivity index (χ1n) is 5.87. The van der Waals surface area contributed by atoms with Crippen molar-refractivity contribution in [1.82, 2.24) is 4.90 Å². The first-order chi connectivity index (χ1) is 8.42. The van der Waals surface area contributed by atoms with Crippen molar-refractivity contribution in [3.05, 3.63) is 33.8 Å². The van der Waals surface area contributed by atoms with Gasteiger partial charge in [0, 0.05) is 36.1 Å². The van der Waals surface area contributed by atoms with E-state index >= 15 is 0 Å². The Labute approximate surface area is 118 Å². The molecule has 1 unspecified atom stereocenters. The predicted molar refractivity (Wildman–Crippen MR) is 75.8 cm³/mol. The van der Waals surface area contributed by atoms with Crippen LogP contribution in [-0.4, -0.2) is 23.9 Å². The Balaban J connectivity index is 2.63. The molecule has 1 amide bonds. The molecule has 0 aromatic heterocycles. The third kappa shape index (κ3) is 4.84. The minimum absolute atomic E-state index is 0.0282. The van der Waals surface area contributed by atoms with Crippen LogP contribution in [0.5, 0.6) is 0 Å². The van der Waals surface area contributed by atoms with Crippen molar-refractivity contribution in [2.45, 2.75) is 32.4 Å². The summed E-state index contributed by atoms with van der Waals surface area (Å²) < 4.78 is 0. The van der Waals surface area contributed by atoms with E-state index in [9.17, 15) is 4.79 Å². The van der Waals surface area contributed by atoms with Gasteiger partial charge in [-0.05, 0) is 30.2 Å². The number of carbonyl (C=O) groups excluding carboxylic acids is 1. The molecule has 0 saturated carbocycles. The highest BCUT2D eigenvalue weighted by molar-refractivity contribution is 6.34. The van der Waals surface area contributed by atoms with Gasteiger partial charge < -0.3 is 10.6 Å². The monoisotopic (exact) mass is 288 g/mol. The van der Waals surface area contributed by atoms with E-state index in [0.29, 0.717) is 23.0 Å². The number of nitrogens with zero attached hydrogens (tertiary/aromatic N) is 1. The number of hydrogen-bond acceptors (Lipinski definition) is 2. The summed E-state index contributed by atoms with van der Waals surface area (Å²) in [5, 5.41) is 1.15. The average Bonchev–Trinajstić information content (AvgIpc) is 2.27. The Bertz CT molecular complexity index is 403. The molecule has 1 rings (SSSR count). The van der Waals surface area contributed by atoms with Crippen LogP contribution >= 0.6 is 23.2 Å². The molecule has 3 nitrogen and oxygen atoms in total. The number of benzene rings is 1. The van der Waals surface area contributed by atoms with Gasteiger partial charge in [0.15, 0.2) is 0 Å². The molecule has 2 N–H and O–H groups in total. The molecular weight excluding hydrogens is 271 g/mol. The van der Waals surface area contributed by atoms with E-state index in [-0.39, 0.29) is 11.9 Å². The summed E-state index contributed by atoms with van der Waals surface area (Å²) in [4.78, 5) is 13.5. The Morgan fingerprint density at radius 3 is 2.39 bits per heavy atom. The molecule has 0 spiro atoms. The minimum atomic E-state index is -0.0806. The van der Waals surface area contributed by atoms with Crippen molar-refractivity contribution in [1.29, 1.82) is 0 Å². The van der Waals surface area contributed by atoms with Crippen molar-refractivity contribution in [3.8, 4) is 0 Å². The molecule has 1 aromatic carbocycles. The topological polar surface area (TPSA) is 46.3 Å². The molecule has 100 valence electrons. The highest BCUT2D eigenvalue weighted by Crippen LogP contribution is 2.20. The van der Waals surface area contributed by atoms with Crippen molar-refractivity contribution < 1.29 is 4.79 Å². The Morgan fingerprint density at radius 2 is 1.89 bits per heavy atom. The highest BCUT2D eigenvalue weighted by atomic mass is 35.5. The van der Waals surface area contributed by atoms with Gasteiger partial charge >= 0.3 is 0 Å². The summed E-state index contributed by atoms with van der Waals surface area (Å²) in [5.41, 5.74) is 6.67. The van der Waals surface area contributed by atoms with E-state index in [1.807, 2.05) is 6.92 Å². The van der Waals surface area contributed by atoms with Gasteiger partial charge in [-0.1, -0.05) is 30.1 Å². The van der Waals surface area contributed by atoms with Crippen LogP contribution < -0.4 is 5.73 Å². The zero-order valence-electron chi connectivity index (χ0n) is 10.6. The van der Waals surface area contributed by atoms with Crippen LogP contribution in [0.4, 0.5) is 0 Å². The molecular formula is C13H18Cl2N2O. The fraction of sp³-hybridized carbons (Fsp3) is 0.462. The number of amides is 1. The zero-order chi connectivity index (χ0) is 13.7. The number of nitrogens with two attached hydrogens (primary N) is 1. The maximum atomic E-state index is 11.9. The van der Waals surface area contributed by atoms with Crippen molar-refractivity contribution >= 4 is 29.1 Å². The van der Waals surface area contributed by atoms with Crippen LogP contribution in [0.15, 0.2) is 18.2 Å². The van der Waals surface area contributed by atoms with Gasteiger partial charge in [-0.15, -0.1) is 0 Å². The largest absolute Gasteiger partial charge is 0.341 e. The maximum Gasteiger partial charge on any atom is 0.224 e. The van der Waals surface area contributed by atoms with Crippen molar-refractivity contribution in [2.24, 2.45) is 5.73 Å². The van der Waals surface area contributed by atoms with E-state index < -0.39 is 0 Å². The smallest absolute Gasteiger partial charge is 0.224 e. The molecule has 0 saturated heterocycles. The third-order valence-electron chi connectivity index (χ3n) is 2.73. The Hall–Kier alpha value is -0.770. The Kier molecular flexibility index (Phi) is 5.93. The number of hydrogen-bond donors (Lipinski definition) is 1. The lowest BCUT2D eigenvalue weighted by Gasteiger charge is -2.19. The number of carbonyl (C=O) groups is 1. The molecule has 0 aliphatic carbocycles. The summed E-state index contributed by atoms with van der Waals surface area (Å²) in [6, 6.07) is 5.19. The number of rotatable bonds is 5. The Morgan fingerprint density at radius 1 is 1.33 bits per heavy atom. The minimum Gasteiger partial charge on any atom is -0.341 e. The van der Waals surface area contributed by atoms with E-state index in [0.717, 1.165) is 12.0 Å². The third-order valence-corrected chi connectivity index (χ3v) is 3.17. The lowest BCUT2D eigenvalue weighted by molar-refractivity contribution is -0.130. The van der Waals surface area contributed by atoms with E-state index in [1.54, 1.807) is 30.1 Å². The second kappa shape index (κ2) is 6.98. The second-order valence-electron chi connectivity index (χ2n) is 4.40. The standard InChI is InChI=1S/C13H18Cl2N2O/c1-3-12(16)7-13(18)17(2)8-9-4-10(14)6-11(15)5-9/h4-6,12H,3,7-8,16H2,1-2H3. The van der Waals surface area contributed by atoms with Crippen molar-refractivity contribution in [2.75, 3.05) is 7.05 Å². The molecule has 1 aromatic rings. The van der Waals surface area contributed by atoms with Crippen LogP contribution in [0.25, 0.3) is 0 Å². The van der Waals surface area contributed by atoms with Crippen molar-refractivity contribution in [3.63, 3.8) is 0 Å². The van der Waals surface area contributed by atoms with Crippen LogP contribution in [0.1, 0.15) is 25.3 Å². The summed E-state index contributed by atoms with van der Waals surface area (Å²) in [7, 11) is 1.75. The molecule has 18 heavy (non-hydrogen) atoms. The van der Waals surface area contributed by atoms with Gasteiger partial charge in [-0.25, -0.2) is 0 Å². The molecule has 5 heteroatoms. The molecule has 0 aliphatic rings. The molecule has 0 heterocycles. The highest BCUT2D eigenvalue weighted by Gasteiger charge is 2.13. The maximum absolute atomic E-state index is 11.9. The fourth-order valence-corrected chi connectivity index (χ4v) is 2.16. The van der Waals surface area contributed by atoms with Gasteiger partial charge in [0.05, 0.1) is 0 Å². The summed E-state index contributed by atoms with van der Waals surface area (Å²) in [5.74, 6) is 0.0282. The van der Waals surface area contributed by atoms with Gasteiger partial charge in [0.1, 0.15) is 0 Å². The van der Waals surface area contributed by atoms with Gasteiger partial charge in [-0.2, -0.15) is 0 Å². The van der Waals surface area contributed by atoms with Gasteiger partial charge in [0.25, 0.3) is 0 Å². The molecule has 0 radical (unpaired) electrons. The summed E-state index contributed by atoms with van der Waals surface area (Å²) >= 11 is 11.8. The molecule has 0 bridgehead atoms. The van der Waals surface area contributed by atoms with E-state index in [1.165, 1.54) is 0 Å². The summed E-state index contributed by atoms with van der Waals surface area (Å²) in [6.07, 6.45) is 1.16. The first-order valence-corrected chi connectivity index (χ1v) is 6.62. The first kappa shape index (κ1) is 15.3. The van der Waals surface area contributed by atoms with Crippen LogP contribution in [0.3, 0.4) is 0 Å². The summed E-state index contributed by atoms with van der Waals surface area (Å²) in [6.45, 7) is 2.45. The predicted octanol–water partition coefficient (Wildman–Crippen LogP) is 3.08. The molecule has 0 aliphatic heterocycles. The SMILES string of the molecule is CCC(N)CC(=O)N(C)Cc1cc(Cl)cc(Cl)c1. The lowest BCUT2D eigenvalue weighted by atomic mass is 10.1. The van der Waals surface area contributed by atoms with Crippen LogP contribution in [-0.2, 0) is 11.3 Å². The normalized spacial score (nSPS) is 12.3. The molecule has 0 fully saturated rings. The van der Waals surface area contributed by atoms with Gasteiger partial charge in [-0.3, -0.25) is 4.79 Å². The lowest BCUT2D eigenvalue weighted by Crippen LogP contribution is -2.32.